The van der Waals surface area contributed by atoms with Gasteiger partial charge in [0, 0.05) is 38.4 Å². The van der Waals surface area contributed by atoms with Gasteiger partial charge in [-0.2, -0.15) is 4.31 Å². The Bertz CT molecular complexity index is 1770. The fourth-order valence-corrected chi connectivity index (χ4v) is 6.88. The molecule has 15 heteroatoms. The summed E-state index contributed by atoms with van der Waals surface area (Å²) in [6.45, 7) is -0.245. The summed E-state index contributed by atoms with van der Waals surface area (Å²) >= 11 is 0. The molecule has 3 aromatic carbocycles. The predicted molar refractivity (Wildman–Crippen MR) is 184 cm³/mol. The normalized spacial score (nSPS) is 16.7. The van der Waals surface area contributed by atoms with Crippen molar-refractivity contribution in [2.45, 2.75) is 42.8 Å². The van der Waals surface area contributed by atoms with Crippen LogP contribution in [-0.2, 0) is 29.1 Å². The van der Waals surface area contributed by atoms with E-state index >= 15 is 0 Å². The molecule has 50 heavy (non-hydrogen) atoms. The van der Waals surface area contributed by atoms with Crippen molar-refractivity contribution in [3.05, 3.63) is 84.1 Å². The Labute approximate surface area is 291 Å². The lowest BCUT2D eigenvalue weighted by Crippen LogP contribution is -2.38. The number of anilines is 2. The summed E-state index contributed by atoms with van der Waals surface area (Å²) in [4.78, 5) is 25.6. The van der Waals surface area contributed by atoms with Crippen molar-refractivity contribution in [2.75, 3.05) is 57.8 Å². The highest BCUT2D eigenvalue weighted by molar-refractivity contribution is 7.89. The Morgan fingerprint density at radius 1 is 1.02 bits per heavy atom. The van der Waals surface area contributed by atoms with Crippen LogP contribution < -0.4 is 30.6 Å². The lowest BCUT2D eigenvalue weighted by molar-refractivity contribution is -0.146. The van der Waals surface area contributed by atoms with E-state index < -0.39 is 22.2 Å². The van der Waals surface area contributed by atoms with E-state index in [0.29, 0.717) is 54.4 Å². The molecule has 0 spiro atoms. The van der Waals surface area contributed by atoms with Crippen molar-refractivity contribution in [1.29, 1.82) is 0 Å². The minimum atomic E-state index is -3.95. The van der Waals surface area contributed by atoms with Crippen LogP contribution in [0.2, 0.25) is 0 Å². The second kappa shape index (κ2) is 17.2. The molecule has 0 saturated heterocycles. The highest BCUT2D eigenvalue weighted by atomic mass is 32.2. The number of carbonyl (C=O) groups is 2. The largest absolute Gasteiger partial charge is 0.497 e. The Morgan fingerprint density at radius 2 is 1.80 bits per heavy atom. The van der Waals surface area contributed by atoms with E-state index in [-0.39, 0.29) is 62.0 Å². The number of nitrogens with two attached hydrogens (primary N) is 1. The summed E-state index contributed by atoms with van der Waals surface area (Å²) in [6, 6.07) is 18.5. The number of nitrogen functional groups attached to an aromatic ring is 1. The number of hydrogen-bond donors (Lipinski definition) is 4. The van der Waals surface area contributed by atoms with E-state index in [4.69, 9.17) is 29.4 Å². The molecule has 0 aromatic heterocycles. The molecule has 14 nitrogen and oxygen atoms in total. The SMILES string of the molecule is COc1ccc(S(=O)(=O)N(CCO)CCOC2CC(c3ccc4c(c3)OCO4)C=C(C(=O)NCCCCC(=O)Nc3ccccc3N)O2)cc1. The van der Waals surface area contributed by atoms with Gasteiger partial charge in [0.05, 0.1) is 36.6 Å². The lowest BCUT2D eigenvalue weighted by atomic mass is 9.92. The number of carbonyl (C=O) groups excluding carboxylic acids is 2. The maximum absolute atomic E-state index is 13.3. The zero-order chi connectivity index (χ0) is 35.5. The van der Waals surface area contributed by atoms with Gasteiger partial charge in [0.15, 0.2) is 17.3 Å². The number of benzene rings is 3. The molecule has 2 atom stereocenters. The molecule has 0 bridgehead atoms. The minimum Gasteiger partial charge on any atom is -0.497 e. The molecule has 2 aliphatic rings. The Hall–Kier alpha value is -4.83. The Morgan fingerprint density at radius 3 is 2.56 bits per heavy atom. The summed E-state index contributed by atoms with van der Waals surface area (Å²) in [7, 11) is -2.46. The molecule has 2 amide bonds. The van der Waals surface area contributed by atoms with Crippen LogP contribution in [0.3, 0.4) is 0 Å². The van der Waals surface area contributed by atoms with Crippen LogP contribution in [0.15, 0.2) is 83.5 Å². The number of methoxy groups -OCH3 is 1. The maximum Gasteiger partial charge on any atom is 0.286 e. The number of para-hydroxylation sites is 2. The van der Waals surface area contributed by atoms with Crippen LogP contribution in [0.25, 0.3) is 0 Å². The van der Waals surface area contributed by atoms with E-state index in [9.17, 15) is 23.1 Å². The predicted octanol–water partition coefficient (Wildman–Crippen LogP) is 3.35. The van der Waals surface area contributed by atoms with Crippen LogP contribution in [0.4, 0.5) is 11.4 Å². The number of aliphatic hydroxyl groups is 1. The van der Waals surface area contributed by atoms with E-state index in [0.717, 1.165) is 9.87 Å². The first-order chi connectivity index (χ1) is 24.2. The summed E-state index contributed by atoms with van der Waals surface area (Å²) in [5.41, 5.74) is 7.78. The summed E-state index contributed by atoms with van der Waals surface area (Å²) in [6.07, 6.45) is 2.51. The summed E-state index contributed by atoms with van der Waals surface area (Å²) < 4.78 is 55.9. The molecule has 2 heterocycles. The minimum absolute atomic E-state index is 0.0481. The molecule has 268 valence electrons. The van der Waals surface area contributed by atoms with Crippen molar-refractivity contribution < 1.29 is 46.8 Å². The number of allylic oxidation sites excluding steroid dienone is 1. The zero-order valence-electron chi connectivity index (χ0n) is 27.7. The Balaban J connectivity index is 1.19. The van der Waals surface area contributed by atoms with Gasteiger partial charge in [-0.05, 0) is 73.0 Å². The molecule has 5 N–H and O–H groups in total. The number of fused-ring (bicyclic) bond motifs is 1. The third-order valence-corrected chi connectivity index (χ3v) is 10.1. The molecule has 0 radical (unpaired) electrons. The van der Waals surface area contributed by atoms with Gasteiger partial charge in [0.2, 0.25) is 29.0 Å². The van der Waals surface area contributed by atoms with Crippen LogP contribution in [0.1, 0.15) is 37.2 Å². The Kier molecular flexibility index (Phi) is 12.5. The second-order valence-electron chi connectivity index (χ2n) is 11.6. The van der Waals surface area contributed by atoms with Gasteiger partial charge >= 0.3 is 0 Å². The molecule has 0 saturated carbocycles. The number of nitrogens with zero attached hydrogens (tertiary/aromatic N) is 1. The molecule has 2 aliphatic heterocycles. The summed E-state index contributed by atoms with van der Waals surface area (Å²) in [5.74, 6) is 0.862. The topological polar surface area (TPSA) is 188 Å². The highest BCUT2D eigenvalue weighted by Gasteiger charge is 2.31. The average molecular weight is 711 g/mol. The van der Waals surface area contributed by atoms with Gasteiger partial charge in [0.1, 0.15) is 5.75 Å². The molecule has 0 fully saturated rings. The highest BCUT2D eigenvalue weighted by Crippen LogP contribution is 2.38. The first kappa shape index (κ1) is 36.5. The fourth-order valence-electron chi connectivity index (χ4n) is 5.46. The first-order valence-electron chi connectivity index (χ1n) is 16.2. The van der Waals surface area contributed by atoms with E-state index in [2.05, 4.69) is 10.6 Å². The number of unbranched alkanes of at least 4 members (excludes halogenated alkanes) is 1. The van der Waals surface area contributed by atoms with Crippen molar-refractivity contribution in [3.63, 3.8) is 0 Å². The number of nitrogens with one attached hydrogen (secondary N) is 2. The van der Waals surface area contributed by atoms with E-state index in [1.54, 1.807) is 48.5 Å². The second-order valence-corrected chi connectivity index (χ2v) is 13.5. The van der Waals surface area contributed by atoms with E-state index in [1.807, 2.05) is 12.1 Å². The molecule has 5 rings (SSSR count). The number of amides is 2. The average Bonchev–Trinajstić information content (AvgIpc) is 3.60. The number of rotatable bonds is 17. The molecule has 3 aromatic rings. The van der Waals surface area contributed by atoms with Crippen molar-refractivity contribution in [3.8, 4) is 17.2 Å². The van der Waals surface area contributed by atoms with Gasteiger partial charge in [-0.25, -0.2) is 8.42 Å². The number of sulfonamides is 1. The van der Waals surface area contributed by atoms with E-state index in [1.165, 1.54) is 19.2 Å². The monoisotopic (exact) mass is 710 g/mol. The fraction of sp³-hybridized carbons (Fsp3) is 0.371. The number of aliphatic hydroxyl groups excluding tert-OH is 1. The molecule has 0 aliphatic carbocycles. The van der Waals surface area contributed by atoms with Gasteiger partial charge in [-0.1, -0.05) is 18.2 Å². The third-order valence-electron chi connectivity index (χ3n) is 8.15. The van der Waals surface area contributed by atoms with Crippen LogP contribution in [-0.4, -0.2) is 82.7 Å². The van der Waals surface area contributed by atoms with Crippen LogP contribution >= 0.6 is 0 Å². The number of hydrogen-bond acceptors (Lipinski definition) is 11. The summed E-state index contributed by atoms with van der Waals surface area (Å²) in [5, 5.41) is 15.3. The van der Waals surface area contributed by atoms with Gasteiger partial charge < -0.3 is 45.2 Å². The van der Waals surface area contributed by atoms with Crippen molar-refractivity contribution in [2.24, 2.45) is 0 Å². The van der Waals surface area contributed by atoms with Crippen LogP contribution in [0, 0.1) is 0 Å². The maximum atomic E-state index is 13.3. The van der Waals surface area contributed by atoms with Gasteiger partial charge in [0.25, 0.3) is 5.91 Å². The quantitative estimate of drug-likeness (QED) is 0.119. The van der Waals surface area contributed by atoms with Crippen molar-refractivity contribution >= 4 is 33.2 Å². The van der Waals surface area contributed by atoms with Crippen LogP contribution in [0.5, 0.6) is 17.2 Å². The van der Waals surface area contributed by atoms with Gasteiger partial charge in [-0.15, -0.1) is 0 Å². The zero-order valence-corrected chi connectivity index (χ0v) is 28.5. The number of ether oxygens (including phenoxy) is 5. The third kappa shape index (κ3) is 9.44. The van der Waals surface area contributed by atoms with Crippen molar-refractivity contribution in [1.82, 2.24) is 9.62 Å². The lowest BCUT2D eigenvalue weighted by Gasteiger charge is -2.30. The van der Waals surface area contributed by atoms with Gasteiger partial charge in [-0.3, -0.25) is 9.59 Å². The first-order valence-corrected chi connectivity index (χ1v) is 17.7. The molecular formula is C35H42N4O10S. The molecular weight excluding hydrogens is 668 g/mol. The standard InChI is InChI=1S/C35H42N4O10S/c1-45-26-10-12-27(13-11-26)50(43,44)39(16-18-40)17-19-46-34-22-25(24-9-14-30-31(20-24)48-23-47-30)21-32(49-34)35(42)37-15-5-4-8-33(41)38-29-7-3-2-6-28(29)36/h2-3,6-7,9-14,20-21,25,34,40H,4-5,8,15-19,22-23,36H2,1H3,(H,37,42)(H,38,41). The molecule has 2 unspecified atom stereocenters. The smallest absolute Gasteiger partial charge is 0.286 e.